The van der Waals surface area contributed by atoms with Crippen LogP contribution in [0.15, 0.2) is 0 Å². The Bertz CT molecular complexity index is 82.9. The average molecular weight is 146 g/mol. The van der Waals surface area contributed by atoms with Gasteiger partial charge in [0.25, 0.3) is 0 Å². The van der Waals surface area contributed by atoms with Crippen molar-refractivity contribution in [2.24, 2.45) is 0 Å². The molecule has 0 aliphatic carbocycles. The summed E-state index contributed by atoms with van der Waals surface area (Å²) in [5, 5.41) is 0. The lowest BCUT2D eigenvalue weighted by molar-refractivity contribution is -0.201. The fourth-order valence-electron chi connectivity index (χ4n) is 1.11. The van der Waals surface area contributed by atoms with Crippen molar-refractivity contribution >= 4 is 0 Å². The first-order valence-electron chi connectivity index (χ1n) is 3.60. The number of methoxy groups -OCH3 is 1. The van der Waals surface area contributed by atoms with E-state index in [0.717, 1.165) is 6.42 Å². The highest BCUT2D eigenvalue weighted by molar-refractivity contribution is 4.70. The third kappa shape index (κ3) is 1.68. The summed E-state index contributed by atoms with van der Waals surface area (Å²) in [6, 6.07) is 0. The van der Waals surface area contributed by atoms with Gasteiger partial charge in [-0.3, -0.25) is 0 Å². The van der Waals surface area contributed by atoms with Crippen molar-refractivity contribution < 1.29 is 14.2 Å². The molecule has 1 rings (SSSR count). The fourth-order valence-corrected chi connectivity index (χ4v) is 1.11. The maximum Gasteiger partial charge on any atom is 0.147 e. The molecule has 0 saturated carbocycles. The molecule has 1 aliphatic heterocycles. The van der Waals surface area contributed by atoms with E-state index in [9.17, 15) is 0 Å². The topological polar surface area (TPSA) is 27.7 Å². The molecular weight excluding hydrogens is 132 g/mol. The number of hydrogen-bond acceptors (Lipinski definition) is 3. The summed E-state index contributed by atoms with van der Waals surface area (Å²) in [5.41, 5.74) is 0. The third-order valence-corrected chi connectivity index (χ3v) is 1.77. The molecule has 0 aromatic rings. The Kier molecular flexibility index (Phi) is 3.12. The van der Waals surface area contributed by atoms with Crippen molar-refractivity contribution in [1.29, 1.82) is 0 Å². The molecule has 1 fully saturated rings. The van der Waals surface area contributed by atoms with E-state index in [1.165, 1.54) is 0 Å². The summed E-state index contributed by atoms with van der Waals surface area (Å²) in [4.78, 5) is 0. The summed E-state index contributed by atoms with van der Waals surface area (Å²) < 4.78 is 15.5. The number of rotatable bonds is 2. The Labute approximate surface area is 61.3 Å². The second-order valence-electron chi connectivity index (χ2n) is 2.38. The molecule has 2 atom stereocenters. The normalized spacial score (nSPS) is 34.2. The van der Waals surface area contributed by atoms with Gasteiger partial charge in [-0.2, -0.15) is 0 Å². The van der Waals surface area contributed by atoms with Crippen LogP contribution in [0.5, 0.6) is 0 Å². The molecule has 60 valence electrons. The first-order valence-corrected chi connectivity index (χ1v) is 3.60. The number of ether oxygens (including phenoxy) is 3. The summed E-state index contributed by atoms with van der Waals surface area (Å²) in [6.45, 7) is 3.16. The molecular formula is C7H14O3. The van der Waals surface area contributed by atoms with Gasteiger partial charge < -0.3 is 14.2 Å². The molecule has 0 N–H and O–H groups in total. The Morgan fingerprint density at radius 2 is 2.40 bits per heavy atom. The summed E-state index contributed by atoms with van der Waals surface area (Å²) in [7, 11) is 1.69. The van der Waals surface area contributed by atoms with Gasteiger partial charge in [-0.1, -0.05) is 6.92 Å². The van der Waals surface area contributed by atoms with Gasteiger partial charge in [-0.05, 0) is 6.42 Å². The lowest BCUT2D eigenvalue weighted by atomic mass is 10.1. The monoisotopic (exact) mass is 146 g/mol. The molecule has 0 radical (unpaired) electrons. The molecule has 1 heterocycles. The van der Waals surface area contributed by atoms with E-state index in [1.54, 1.807) is 7.11 Å². The van der Waals surface area contributed by atoms with Gasteiger partial charge in [0.1, 0.15) is 12.9 Å². The van der Waals surface area contributed by atoms with Gasteiger partial charge in [0, 0.05) is 7.11 Å². The molecule has 2 unspecified atom stereocenters. The maximum absolute atomic E-state index is 5.28. The minimum Gasteiger partial charge on any atom is -0.376 e. The minimum atomic E-state index is 0.124. The minimum absolute atomic E-state index is 0.124. The zero-order valence-electron chi connectivity index (χ0n) is 6.50. The van der Waals surface area contributed by atoms with Crippen molar-refractivity contribution in [1.82, 2.24) is 0 Å². The fraction of sp³-hybridized carbons (Fsp3) is 1.00. The van der Waals surface area contributed by atoms with Crippen LogP contribution in [0.1, 0.15) is 13.3 Å². The number of hydrogen-bond donors (Lipinski definition) is 0. The van der Waals surface area contributed by atoms with Crippen LogP contribution in [0.4, 0.5) is 0 Å². The van der Waals surface area contributed by atoms with Gasteiger partial charge in [-0.15, -0.1) is 0 Å². The van der Waals surface area contributed by atoms with E-state index in [4.69, 9.17) is 14.2 Å². The predicted molar refractivity (Wildman–Crippen MR) is 36.8 cm³/mol. The Morgan fingerprint density at radius 3 is 2.90 bits per heavy atom. The first-order chi connectivity index (χ1) is 4.88. The van der Waals surface area contributed by atoms with Gasteiger partial charge in [0.05, 0.1) is 12.7 Å². The van der Waals surface area contributed by atoms with Crippen molar-refractivity contribution in [2.45, 2.75) is 25.6 Å². The van der Waals surface area contributed by atoms with Crippen molar-refractivity contribution in [2.75, 3.05) is 20.5 Å². The Morgan fingerprint density at radius 1 is 1.60 bits per heavy atom. The largest absolute Gasteiger partial charge is 0.376 e. The SMILES string of the molecule is CCC1OCOCC1OC. The van der Waals surface area contributed by atoms with Crippen molar-refractivity contribution in [3.05, 3.63) is 0 Å². The molecule has 0 aromatic heterocycles. The van der Waals surface area contributed by atoms with Gasteiger partial charge in [0.15, 0.2) is 0 Å². The van der Waals surface area contributed by atoms with Gasteiger partial charge in [0.2, 0.25) is 0 Å². The van der Waals surface area contributed by atoms with E-state index in [1.807, 2.05) is 0 Å². The summed E-state index contributed by atoms with van der Waals surface area (Å²) >= 11 is 0. The molecule has 3 heteroatoms. The summed E-state index contributed by atoms with van der Waals surface area (Å²) in [6.07, 6.45) is 1.33. The van der Waals surface area contributed by atoms with E-state index < -0.39 is 0 Å². The van der Waals surface area contributed by atoms with Crippen molar-refractivity contribution in [3.63, 3.8) is 0 Å². The second kappa shape index (κ2) is 3.91. The van der Waals surface area contributed by atoms with Crippen LogP contribution in [-0.4, -0.2) is 32.7 Å². The van der Waals surface area contributed by atoms with Crippen LogP contribution in [0.3, 0.4) is 0 Å². The van der Waals surface area contributed by atoms with Crippen LogP contribution >= 0.6 is 0 Å². The highest BCUT2D eigenvalue weighted by Crippen LogP contribution is 2.12. The average Bonchev–Trinajstić information content (AvgIpc) is 2.04. The smallest absolute Gasteiger partial charge is 0.147 e. The van der Waals surface area contributed by atoms with E-state index in [0.29, 0.717) is 13.4 Å². The second-order valence-corrected chi connectivity index (χ2v) is 2.38. The highest BCUT2D eigenvalue weighted by Gasteiger charge is 2.24. The van der Waals surface area contributed by atoms with E-state index in [2.05, 4.69) is 6.92 Å². The Hall–Kier alpha value is -0.120. The Balaban J connectivity index is 2.34. The lowest BCUT2D eigenvalue weighted by Crippen LogP contribution is -2.39. The summed E-state index contributed by atoms with van der Waals surface area (Å²) in [5.74, 6) is 0. The van der Waals surface area contributed by atoms with Crippen LogP contribution in [0.25, 0.3) is 0 Å². The van der Waals surface area contributed by atoms with Crippen LogP contribution in [0.2, 0.25) is 0 Å². The zero-order chi connectivity index (χ0) is 7.40. The lowest BCUT2D eigenvalue weighted by Gasteiger charge is -2.29. The first kappa shape index (κ1) is 7.98. The van der Waals surface area contributed by atoms with Crippen LogP contribution in [-0.2, 0) is 14.2 Å². The molecule has 1 saturated heterocycles. The molecule has 3 nitrogen and oxygen atoms in total. The van der Waals surface area contributed by atoms with E-state index in [-0.39, 0.29) is 12.2 Å². The standard InChI is InChI=1S/C7H14O3/c1-3-6-7(8-2)4-9-5-10-6/h6-7H,3-5H2,1-2H3. The zero-order valence-corrected chi connectivity index (χ0v) is 6.50. The third-order valence-electron chi connectivity index (χ3n) is 1.77. The van der Waals surface area contributed by atoms with E-state index >= 15 is 0 Å². The predicted octanol–water partition coefficient (Wildman–Crippen LogP) is 0.784. The van der Waals surface area contributed by atoms with Gasteiger partial charge >= 0.3 is 0 Å². The van der Waals surface area contributed by atoms with Crippen LogP contribution < -0.4 is 0 Å². The van der Waals surface area contributed by atoms with Crippen molar-refractivity contribution in [3.8, 4) is 0 Å². The molecule has 0 spiro atoms. The maximum atomic E-state index is 5.28. The van der Waals surface area contributed by atoms with Crippen LogP contribution in [0, 0.1) is 0 Å². The molecule has 0 bridgehead atoms. The highest BCUT2D eigenvalue weighted by atomic mass is 16.7. The molecule has 1 aliphatic rings. The molecule has 0 aromatic carbocycles. The quantitative estimate of drug-likeness (QED) is 0.576. The van der Waals surface area contributed by atoms with Gasteiger partial charge in [-0.25, -0.2) is 0 Å². The molecule has 0 amide bonds. The molecule has 10 heavy (non-hydrogen) atoms.